The van der Waals surface area contributed by atoms with E-state index in [9.17, 15) is 8.42 Å². The number of H-pyrrole nitrogens is 1. The second-order valence-electron chi connectivity index (χ2n) is 4.17. The van der Waals surface area contributed by atoms with Crippen LogP contribution in [-0.4, -0.2) is 32.9 Å². The van der Waals surface area contributed by atoms with E-state index in [1.807, 2.05) is 6.20 Å². The van der Waals surface area contributed by atoms with Gasteiger partial charge in [0.1, 0.15) is 5.88 Å². The molecule has 1 heterocycles. The molecular formula is C12H17N3O2S. The highest BCUT2D eigenvalue weighted by atomic mass is 32.2. The number of aromatic amines is 1. The van der Waals surface area contributed by atoms with Crippen LogP contribution in [0.4, 0.5) is 0 Å². The molecule has 0 fully saturated rings. The third-order valence-corrected chi connectivity index (χ3v) is 4.49. The molecule has 4 N–H and O–H groups in total. The third-order valence-electron chi connectivity index (χ3n) is 2.85. The fraction of sp³-hybridized carbons (Fsp3) is 0.333. The number of benzene rings is 1. The maximum atomic E-state index is 12.0. The van der Waals surface area contributed by atoms with Crippen molar-refractivity contribution in [2.45, 2.75) is 11.3 Å². The Morgan fingerprint density at radius 1 is 1.39 bits per heavy atom. The van der Waals surface area contributed by atoms with Gasteiger partial charge in [0.15, 0.2) is 9.84 Å². The summed E-state index contributed by atoms with van der Waals surface area (Å²) in [6.45, 7) is 0.542. The molecule has 0 aliphatic heterocycles. The molecule has 0 atom stereocenters. The van der Waals surface area contributed by atoms with Crippen LogP contribution in [0.3, 0.4) is 0 Å². The molecule has 0 aliphatic carbocycles. The van der Waals surface area contributed by atoms with Gasteiger partial charge in [0.05, 0.1) is 4.90 Å². The molecule has 0 spiro atoms. The van der Waals surface area contributed by atoms with Gasteiger partial charge in [-0.2, -0.15) is 0 Å². The molecule has 98 valence electrons. The van der Waals surface area contributed by atoms with Gasteiger partial charge in [-0.3, -0.25) is 0 Å². The van der Waals surface area contributed by atoms with Crippen molar-refractivity contribution in [2.75, 3.05) is 19.5 Å². The lowest BCUT2D eigenvalue weighted by atomic mass is 10.1. The first-order valence-corrected chi connectivity index (χ1v) is 7.41. The molecule has 1 aromatic heterocycles. The monoisotopic (exact) mass is 267 g/mol. The van der Waals surface area contributed by atoms with Crippen molar-refractivity contribution in [3.63, 3.8) is 0 Å². The van der Waals surface area contributed by atoms with Gasteiger partial charge < -0.3 is 16.0 Å². The largest absolute Gasteiger partial charge is 0.361 e. The molecule has 0 bridgehead atoms. The van der Waals surface area contributed by atoms with Crippen LogP contribution >= 0.6 is 0 Å². The van der Waals surface area contributed by atoms with Gasteiger partial charge >= 0.3 is 0 Å². The second kappa shape index (κ2) is 5.09. The molecule has 0 saturated heterocycles. The highest BCUT2D eigenvalue weighted by molar-refractivity contribution is 7.91. The summed E-state index contributed by atoms with van der Waals surface area (Å²) in [7, 11) is -1.65. The van der Waals surface area contributed by atoms with E-state index < -0.39 is 9.84 Å². The average Bonchev–Trinajstić information content (AvgIpc) is 2.72. The molecule has 5 nitrogen and oxygen atoms in total. The molecule has 0 aliphatic rings. The minimum atomic E-state index is -3.27. The van der Waals surface area contributed by atoms with E-state index in [1.54, 1.807) is 25.2 Å². The van der Waals surface area contributed by atoms with E-state index in [4.69, 9.17) is 5.73 Å². The maximum absolute atomic E-state index is 12.0. The standard InChI is InChI=1S/C12H17N3O2S/c1-14-8-18(16,17)10-2-3-12-11(6-10)9(4-5-13)7-15-12/h2-3,6-7,14-15H,4-5,8,13H2,1H3. The molecule has 6 heteroatoms. The SMILES string of the molecule is CNCS(=O)(=O)c1ccc2[nH]cc(CCN)c2c1. The quantitative estimate of drug-likeness (QED) is 0.741. The Balaban J connectivity index is 2.51. The third kappa shape index (κ3) is 2.40. The second-order valence-corrected chi connectivity index (χ2v) is 6.16. The van der Waals surface area contributed by atoms with Crippen LogP contribution in [-0.2, 0) is 16.3 Å². The van der Waals surface area contributed by atoms with Crippen molar-refractivity contribution in [1.29, 1.82) is 0 Å². The van der Waals surface area contributed by atoms with Gasteiger partial charge in [0.2, 0.25) is 0 Å². The Kier molecular flexibility index (Phi) is 3.70. The van der Waals surface area contributed by atoms with Gasteiger partial charge in [0.25, 0.3) is 0 Å². The lowest BCUT2D eigenvalue weighted by Gasteiger charge is -2.04. The number of nitrogens with two attached hydrogens (primary N) is 1. The number of hydrogen-bond acceptors (Lipinski definition) is 4. The summed E-state index contributed by atoms with van der Waals surface area (Å²) in [4.78, 5) is 3.45. The summed E-state index contributed by atoms with van der Waals surface area (Å²) in [5, 5.41) is 3.60. The summed E-state index contributed by atoms with van der Waals surface area (Å²) >= 11 is 0. The number of sulfone groups is 1. The predicted octanol–water partition coefficient (Wildman–Crippen LogP) is 0.620. The van der Waals surface area contributed by atoms with Gasteiger partial charge in [-0.25, -0.2) is 8.42 Å². The molecule has 0 saturated carbocycles. The number of hydrogen-bond donors (Lipinski definition) is 3. The molecule has 1 aromatic carbocycles. The fourth-order valence-electron chi connectivity index (χ4n) is 1.99. The molecule has 0 unspecified atom stereocenters. The fourth-order valence-corrected chi connectivity index (χ4v) is 3.11. The number of rotatable bonds is 5. The van der Waals surface area contributed by atoms with Crippen LogP contribution in [0.15, 0.2) is 29.3 Å². The Labute approximate surface area is 106 Å². The Morgan fingerprint density at radius 3 is 2.83 bits per heavy atom. The molecular weight excluding hydrogens is 250 g/mol. The van der Waals surface area contributed by atoms with Crippen LogP contribution in [0.5, 0.6) is 0 Å². The van der Waals surface area contributed by atoms with Crippen molar-refractivity contribution in [3.05, 3.63) is 30.0 Å². The van der Waals surface area contributed by atoms with Gasteiger partial charge in [-0.1, -0.05) is 0 Å². The summed E-state index contributed by atoms with van der Waals surface area (Å²) in [5.41, 5.74) is 7.52. The summed E-state index contributed by atoms with van der Waals surface area (Å²) in [6, 6.07) is 5.12. The zero-order valence-electron chi connectivity index (χ0n) is 10.2. The van der Waals surface area contributed by atoms with E-state index in [0.29, 0.717) is 11.4 Å². The van der Waals surface area contributed by atoms with Crippen molar-refractivity contribution >= 4 is 20.7 Å². The lowest BCUT2D eigenvalue weighted by Crippen LogP contribution is -2.19. The van der Waals surface area contributed by atoms with Crippen molar-refractivity contribution < 1.29 is 8.42 Å². The van der Waals surface area contributed by atoms with Gasteiger partial charge in [0, 0.05) is 17.1 Å². The Bertz CT molecular complexity index is 646. The van der Waals surface area contributed by atoms with Crippen LogP contribution in [0.1, 0.15) is 5.56 Å². The Morgan fingerprint density at radius 2 is 2.17 bits per heavy atom. The summed E-state index contributed by atoms with van der Waals surface area (Å²) in [5.74, 6) is -0.0604. The summed E-state index contributed by atoms with van der Waals surface area (Å²) in [6.07, 6.45) is 2.61. The van der Waals surface area contributed by atoms with Crippen molar-refractivity contribution in [2.24, 2.45) is 5.73 Å². The van der Waals surface area contributed by atoms with E-state index in [-0.39, 0.29) is 5.88 Å². The number of nitrogens with one attached hydrogen (secondary N) is 2. The predicted molar refractivity (Wildman–Crippen MR) is 72.2 cm³/mol. The molecule has 0 amide bonds. The van der Waals surface area contributed by atoms with Crippen molar-refractivity contribution in [3.8, 4) is 0 Å². The van der Waals surface area contributed by atoms with Crippen molar-refractivity contribution in [1.82, 2.24) is 10.3 Å². The van der Waals surface area contributed by atoms with Gasteiger partial charge in [-0.05, 0) is 43.8 Å². The average molecular weight is 267 g/mol. The van der Waals surface area contributed by atoms with Gasteiger partial charge in [-0.15, -0.1) is 0 Å². The van der Waals surface area contributed by atoms with Crippen LogP contribution < -0.4 is 11.1 Å². The number of fused-ring (bicyclic) bond motifs is 1. The van der Waals surface area contributed by atoms with E-state index in [1.165, 1.54) is 0 Å². The number of aromatic nitrogens is 1. The zero-order chi connectivity index (χ0) is 13.2. The van der Waals surface area contributed by atoms with E-state index in [0.717, 1.165) is 22.9 Å². The smallest absolute Gasteiger partial charge is 0.191 e. The lowest BCUT2D eigenvalue weighted by molar-refractivity contribution is 0.592. The van der Waals surface area contributed by atoms with Crippen LogP contribution in [0.25, 0.3) is 10.9 Å². The molecule has 0 radical (unpaired) electrons. The highest BCUT2D eigenvalue weighted by Crippen LogP contribution is 2.22. The maximum Gasteiger partial charge on any atom is 0.191 e. The minimum Gasteiger partial charge on any atom is -0.361 e. The molecule has 2 aromatic rings. The minimum absolute atomic E-state index is 0.0604. The van der Waals surface area contributed by atoms with E-state index in [2.05, 4.69) is 10.3 Å². The first-order chi connectivity index (χ1) is 8.58. The topological polar surface area (TPSA) is 88.0 Å². The highest BCUT2D eigenvalue weighted by Gasteiger charge is 2.14. The molecule has 2 rings (SSSR count). The Hall–Kier alpha value is -1.37. The first kappa shape index (κ1) is 13.1. The summed E-state index contributed by atoms with van der Waals surface area (Å²) < 4.78 is 23.9. The van der Waals surface area contributed by atoms with E-state index >= 15 is 0 Å². The molecule has 18 heavy (non-hydrogen) atoms. The van der Waals surface area contributed by atoms with Crippen LogP contribution in [0.2, 0.25) is 0 Å². The first-order valence-electron chi connectivity index (χ1n) is 5.76. The zero-order valence-corrected chi connectivity index (χ0v) is 11.0. The normalized spacial score (nSPS) is 12.1. The van der Waals surface area contributed by atoms with Crippen LogP contribution in [0, 0.1) is 0 Å².